The summed E-state index contributed by atoms with van der Waals surface area (Å²) in [5, 5.41) is 2.22. The second-order valence-corrected chi connectivity index (χ2v) is 9.58. The van der Waals surface area contributed by atoms with Crippen molar-refractivity contribution in [1.82, 2.24) is 15.1 Å². The minimum atomic E-state index is -0.939. The molecule has 4 aliphatic rings. The van der Waals surface area contributed by atoms with Crippen molar-refractivity contribution < 1.29 is 23.9 Å². The molecule has 9 nitrogen and oxygen atoms in total. The number of carbonyl (C=O) groups excluding carboxylic acids is 4. The molecule has 1 aromatic rings. The molecule has 0 spiro atoms. The molecule has 176 valence electrons. The molecule has 3 saturated heterocycles. The van der Waals surface area contributed by atoms with Crippen molar-refractivity contribution in [3.05, 3.63) is 34.9 Å². The third-order valence-electron chi connectivity index (χ3n) is 7.42. The van der Waals surface area contributed by atoms with Crippen LogP contribution in [-0.4, -0.2) is 71.3 Å². The molecule has 3 N–H and O–H groups in total. The molecule has 33 heavy (non-hydrogen) atoms. The summed E-state index contributed by atoms with van der Waals surface area (Å²) in [5.74, 6) is -1.42. The maximum absolute atomic E-state index is 13.0. The van der Waals surface area contributed by atoms with Gasteiger partial charge < -0.3 is 10.5 Å². The van der Waals surface area contributed by atoms with E-state index in [1.165, 1.54) is 0 Å². The van der Waals surface area contributed by atoms with Crippen LogP contribution in [0.15, 0.2) is 18.2 Å². The molecule has 9 heteroatoms. The molecule has 3 atom stereocenters. The van der Waals surface area contributed by atoms with Gasteiger partial charge in [0.25, 0.3) is 11.8 Å². The van der Waals surface area contributed by atoms with Gasteiger partial charge in [-0.05, 0) is 68.8 Å². The number of piperidine rings is 2. The molecule has 3 unspecified atom stereocenters. The number of likely N-dealkylation sites (tertiary alicyclic amines) is 1. The summed E-state index contributed by atoms with van der Waals surface area (Å²) in [5.41, 5.74) is 7.89. The quantitative estimate of drug-likeness (QED) is 0.646. The van der Waals surface area contributed by atoms with Gasteiger partial charge in [0, 0.05) is 25.6 Å². The molecule has 4 heterocycles. The van der Waals surface area contributed by atoms with Crippen molar-refractivity contribution in [3.8, 4) is 0 Å². The normalized spacial score (nSPS) is 29.4. The number of nitrogens with zero attached hydrogens (tertiary/aromatic N) is 2. The van der Waals surface area contributed by atoms with Gasteiger partial charge in [0.2, 0.25) is 11.8 Å². The lowest BCUT2D eigenvalue weighted by molar-refractivity contribution is -0.136. The van der Waals surface area contributed by atoms with Crippen LogP contribution in [-0.2, 0) is 20.9 Å². The number of imide groups is 2. The van der Waals surface area contributed by atoms with E-state index in [1.807, 2.05) is 6.07 Å². The first-order valence-corrected chi connectivity index (χ1v) is 11.9. The molecular formula is C24H30N4O5. The topological polar surface area (TPSA) is 122 Å². The maximum Gasteiger partial charge on any atom is 0.262 e. The van der Waals surface area contributed by atoms with Gasteiger partial charge in [0.05, 0.1) is 17.2 Å². The first kappa shape index (κ1) is 22.2. The van der Waals surface area contributed by atoms with Gasteiger partial charge in [-0.15, -0.1) is 0 Å². The molecule has 5 rings (SSSR count). The lowest BCUT2D eigenvalue weighted by Crippen LogP contribution is -2.54. The van der Waals surface area contributed by atoms with Crippen molar-refractivity contribution in [3.63, 3.8) is 0 Å². The molecule has 4 aliphatic heterocycles. The molecule has 0 aromatic heterocycles. The van der Waals surface area contributed by atoms with E-state index in [2.05, 4.69) is 10.2 Å². The van der Waals surface area contributed by atoms with Crippen molar-refractivity contribution in [2.24, 2.45) is 11.7 Å². The van der Waals surface area contributed by atoms with Crippen LogP contribution in [0.4, 0.5) is 0 Å². The van der Waals surface area contributed by atoms with Crippen LogP contribution in [0, 0.1) is 5.92 Å². The summed E-state index contributed by atoms with van der Waals surface area (Å²) in [6.07, 6.45) is 4.56. The molecule has 0 aliphatic carbocycles. The fourth-order valence-corrected chi connectivity index (χ4v) is 5.63. The third kappa shape index (κ3) is 4.20. The summed E-state index contributed by atoms with van der Waals surface area (Å²) < 4.78 is 5.96. The standard InChI is InChI=1S/C24H30N4O5/c25-18-2-1-11-33-21(18)15-7-9-27(10-8-15)13-14-3-4-16-17(12-14)24(32)28(23(16)31)19-5-6-20(29)26-22(19)30/h3-4,12,15,18-19,21H,1-2,5-11,13,25H2,(H,26,29,30). The Morgan fingerprint density at radius 1 is 1.00 bits per heavy atom. The summed E-state index contributed by atoms with van der Waals surface area (Å²) in [6.45, 7) is 3.36. The van der Waals surface area contributed by atoms with E-state index in [4.69, 9.17) is 10.5 Å². The van der Waals surface area contributed by atoms with E-state index >= 15 is 0 Å². The van der Waals surface area contributed by atoms with Crippen LogP contribution in [0.3, 0.4) is 0 Å². The van der Waals surface area contributed by atoms with Gasteiger partial charge >= 0.3 is 0 Å². The van der Waals surface area contributed by atoms with Crippen LogP contribution >= 0.6 is 0 Å². The van der Waals surface area contributed by atoms with Crippen molar-refractivity contribution in [2.45, 2.75) is 63.3 Å². The number of hydrogen-bond donors (Lipinski definition) is 2. The van der Waals surface area contributed by atoms with E-state index in [-0.39, 0.29) is 30.9 Å². The number of carbonyl (C=O) groups is 4. The van der Waals surface area contributed by atoms with Crippen molar-refractivity contribution in [1.29, 1.82) is 0 Å². The number of nitrogens with one attached hydrogen (secondary N) is 1. The third-order valence-corrected chi connectivity index (χ3v) is 7.42. The first-order chi connectivity index (χ1) is 15.9. The summed E-state index contributed by atoms with van der Waals surface area (Å²) >= 11 is 0. The number of hydrogen-bond acceptors (Lipinski definition) is 7. The van der Waals surface area contributed by atoms with Gasteiger partial charge in [-0.1, -0.05) is 6.07 Å². The average molecular weight is 455 g/mol. The van der Waals surface area contributed by atoms with Crippen molar-refractivity contribution in [2.75, 3.05) is 19.7 Å². The van der Waals surface area contributed by atoms with E-state index in [1.54, 1.807) is 12.1 Å². The zero-order valence-electron chi connectivity index (χ0n) is 18.6. The maximum atomic E-state index is 13.0. The zero-order chi connectivity index (χ0) is 23.1. The minimum absolute atomic E-state index is 0.113. The van der Waals surface area contributed by atoms with Crippen LogP contribution in [0.5, 0.6) is 0 Å². The number of fused-ring (bicyclic) bond motifs is 1. The Hall–Kier alpha value is -2.62. The number of amides is 4. The highest BCUT2D eigenvalue weighted by Gasteiger charge is 2.44. The second-order valence-electron chi connectivity index (χ2n) is 9.58. The zero-order valence-corrected chi connectivity index (χ0v) is 18.6. The van der Waals surface area contributed by atoms with E-state index in [0.717, 1.165) is 55.8 Å². The lowest BCUT2D eigenvalue weighted by atomic mass is 9.85. The highest BCUT2D eigenvalue weighted by Crippen LogP contribution is 2.31. The molecule has 4 amide bonds. The monoisotopic (exact) mass is 454 g/mol. The number of benzene rings is 1. The van der Waals surface area contributed by atoms with E-state index in [0.29, 0.717) is 23.6 Å². The highest BCUT2D eigenvalue weighted by molar-refractivity contribution is 6.23. The number of rotatable bonds is 4. The largest absolute Gasteiger partial charge is 0.376 e. The summed E-state index contributed by atoms with van der Waals surface area (Å²) in [7, 11) is 0. The van der Waals surface area contributed by atoms with Gasteiger partial charge in [0.15, 0.2) is 0 Å². The Balaban J connectivity index is 1.23. The van der Waals surface area contributed by atoms with Gasteiger partial charge in [0.1, 0.15) is 6.04 Å². The Morgan fingerprint density at radius 2 is 1.76 bits per heavy atom. The smallest absolute Gasteiger partial charge is 0.262 e. The molecular weight excluding hydrogens is 424 g/mol. The Morgan fingerprint density at radius 3 is 2.48 bits per heavy atom. The molecule has 0 radical (unpaired) electrons. The van der Waals surface area contributed by atoms with Gasteiger partial charge in [-0.3, -0.25) is 34.3 Å². The molecule has 1 aromatic carbocycles. The number of ether oxygens (including phenoxy) is 1. The van der Waals surface area contributed by atoms with Crippen LogP contribution in [0.25, 0.3) is 0 Å². The van der Waals surface area contributed by atoms with Gasteiger partial charge in [-0.25, -0.2) is 0 Å². The van der Waals surface area contributed by atoms with Gasteiger partial charge in [-0.2, -0.15) is 0 Å². The minimum Gasteiger partial charge on any atom is -0.376 e. The highest BCUT2D eigenvalue weighted by atomic mass is 16.5. The lowest BCUT2D eigenvalue weighted by Gasteiger charge is -2.40. The molecule has 0 bridgehead atoms. The SMILES string of the molecule is NC1CCCOC1C1CCN(Cc2ccc3c(c2)C(=O)N(C2CCC(=O)NC2=O)C3=O)CC1. The predicted octanol–water partition coefficient (Wildman–Crippen LogP) is 0.806. The fourth-order valence-electron chi connectivity index (χ4n) is 5.63. The van der Waals surface area contributed by atoms with E-state index in [9.17, 15) is 19.2 Å². The summed E-state index contributed by atoms with van der Waals surface area (Å²) in [4.78, 5) is 52.9. The Kier molecular flexibility index (Phi) is 6.03. The van der Waals surface area contributed by atoms with Crippen LogP contribution < -0.4 is 11.1 Å². The Labute approximate surface area is 192 Å². The predicted molar refractivity (Wildman–Crippen MR) is 118 cm³/mol. The average Bonchev–Trinajstić information content (AvgIpc) is 3.05. The van der Waals surface area contributed by atoms with Crippen LogP contribution in [0.1, 0.15) is 64.8 Å². The summed E-state index contributed by atoms with van der Waals surface area (Å²) in [6, 6.07) is 4.52. The first-order valence-electron chi connectivity index (χ1n) is 11.9. The fraction of sp³-hybridized carbons (Fsp3) is 0.583. The number of nitrogens with two attached hydrogens (primary N) is 1. The molecule has 0 saturated carbocycles. The van der Waals surface area contributed by atoms with E-state index < -0.39 is 23.8 Å². The second kappa shape index (κ2) is 8.96. The van der Waals surface area contributed by atoms with Crippen LogP contribution in [0.2, 0.25) is 0 Å². The molecule has 3 fully saturated rings. The van der Waals surface area contributed by atoms with Crippen molar-refractivity contribution >= 4 is 23.6 Å². The Bertz CT molecular complexity index is 987.